The molecule has 0 radical (unpaired) electrons. The van der Waals surface area contributed by atoms with Crippen molar-refractivity contribution in [3.8, 4) is 5.75 Å². The van der Waals surface area contributed by atoms with E-state index >= 15 is 0 Å². The first-order valence-electron chi connectivity index (χ1n) is 9.21. The average molecular weight is 388 g/mol. The molecule has 3 rings (SSSR count). The second-order valence-electron chi connectivity index (χ2n) is 6.80. The molecule has 144 valence electrons. The molecular weight excluding hydrogens is 362 g/mol. The SMILES string of the molecule is COc1ccc(N2CCN(CC(=O)N[C@@H](C)c3ccc(Cl)cc3)CC2)cc1. The molecule has 5 nitrogen and oxygen atoms in total. The fourth-order valence-corrected chi connectivity index (χ4v) is 3.41. The van der Waals surface area contributed by atoms with Crippen molar-refractivity contribution in [1.29, 1.82) is 0 Å². The van der Waals surface area contributed by atoms with Gasteiger partial charge in [0.25, 0.3) is 0 Å². The highest BCUT2D eigenvalue weighted by Crippen LogP contribution is 2.20. The van der Waals surface area contributed by atoms with Crippen molar-refractivity contribution >= 4 is 23.2 Å². The molecule has 0 saturated carbocycles. The lowest BCUT2D eigenvalue weighted by Gasteiger charge is -2.36. The summed E-state index contributed by atoms with van der Waals surface area (Å²) in [6, 6.07) is 15.7. The van der Waals surface area contributed by atoms with Crippen LogP contribution in [0.1, 0.15) is 18.5 Å². The minimum atomic E-state index is -0.0321. The molecule has 0 unspecified atom stereocenters. The van der Waals surface area contributed by atoms with Crippen LogP contribution in [0.3, 0.4) is 0 Å². The summed E-state index contributed by atoms with van der Waals surface area (Å²) in [5.41, 5.74) is 2.24. The second-order valence-corrected chi connectivity index (χ2v) is 7.24. The van der Waals surface area contributed by atoms with Crippen LogP contribution < -0.4 is 15.0 Å². The Kier molecular flexibility index (Phi) is 6.58. The van der Waals surface area contributed by atoms with Crippen LogP contribution in [0, 0.1) is 0 Å². The van der Waals surface area contributed by atoms with Crippen LogP contribution in [-0.4, -0.2) is 50.6 Å². The number of anilines is 1. The quantitative estimate of drug-likeness (QED) is 0.825. The molecule has 0 aromatic heterocycles. The first-order valence-corrected chi connectivity index (χ1v) is 9.59. The number of nitrogens with zero attached hydrogens (tertiary/aromatic N) is 2. The summed E-state index contributed by atoms with van der Waals surface area (Å²) in [5, 5.41) is 3.77. The Morgan fingerprint density at radius 1 is 1.07 bits per heavy atom. The van der Waals surface area contributed by atoms with Crippen molar-refractivity contribution < 1.29 is 9.53 Å². The molecule has 1 atom stereocenters. The van der Waals surface area contributed by atoms with E-state index in [-0.39, 0.29) is 11.9 Å². The van der Waals surface area contributed by atoms with E-state index < -0.39 is 0 Å². The third kappa shape index (κ3) is 5.37. The molecule has 6 heteroatoms. The molecule has 2 aromatic carbocycles. The highest BCUT2D eigenvalue weighted by molar-refractivity contribution is 6.30. The van der Waals surface area contributed by atoms with Crippen LogP contribution >= 0.6 is 11.6 Å². The van der Waals surface area contributed by atoms with E-state index in [1.165, 1.54) is 5.69 Å². The van der Waals surface area contributed by atoms with Gasteiger partial charge in [-0.05, 0) is 48.9 Å². The maximum Gasteiger partial charge on any atom is 0.234 e. The van der Waals surface area contributed by atoms with Gasteiger partial charge in [0.05, 0.1) is 19.7 Å². The van der Waals surface area contributed by atoms with Crippen molar-refractivity contribution in [2.75, 3.05) is 44.7 Å². The molecule has 1 amide bonds. The molecular formula is C21H26ClN3O2. The van der Waals surface area contributed by atoms with Crippen LogP contribution in [0.5, 0.6) is 5.75 Å². The van der Waals surface area contributed by atoms with Gasteiger partial charge in [-0.25, -0.2) is 0 Å². The second kappa shape index (κ2) is 9.11. The molecule has 1 saturated heterocycles. The Hall–Kier alpha value is -2.24. The third-order valence-corrected chi connectivity index (χ3v) is 5.18. The number of nitrogens with one attached hydrogen (secondary N) is 1. The number of halogens is 1. The Balaban J connectivity index is 1.45. The zero-order chi connectivity index (χ0) is 19.2. The van der Waals surface area contributed by atoms with Gasteiger partial charge in [-0.3, -0.25) is 9.69 Å². The molecule has 1 fully saturated rings. The number of hydrogen-bond donors (Lipinski definition) is 1. The number of rotatable bonds is 6. The lowest BCUT2D eigenvalue weighted by molar-refractivity contribution is -0.123. The zero-order valence-electron chi connectivity index (χ0n) is 15.8. The number of carbonyl (C=O) groups excluding carboxylic acids is 1. The molecule has 0 aliphatic carbocycles. The number of carbonyl (C=O) groups is 1. The Bertz CT molecular complexity index is 741. The largest absolute Gasteiger partial charge is 0.497 e. The van der Waals surface area contributed by atoms with Crippen LogP contribution in [0.15, 0.2) is 48.5 Å². The number of benzene rings is 2. The van der Waals surface area contributed by atoms with Crippen molar-refractivity contribution in [2.45, 2.75) is 13.0 Å². The lowest BCUT2D eigenvalue weighted by Crippen LogP contribution is -2.49. The van der Waals surface area contributed by atoms with Gasteiger partial charge in [-0.15, -0.1) is 0 Å². The van der Waals surface area contributed by atoms with E-state index in [0.29, 0.717) is 11.6 Å². The van der Waals surface area contributed by atoms with E-state index in [1.54, 1.807) is 7.11 Å². The van der Waals surface area contributed by atoms with Gasteiger partial charge in [-0.1, -0.05) is 23.7 Å². The van der Waals surface area contributed by atoms with Gasteiger partial charge >= 0.3 is 0 Å². The van der Waals surface area contributed by atoms with Crippen LogP contribution in [0.4, 0.5) is 5.69 Å². The Morgan fingerprint density at radius 2 is 1.70 bits per heavy atom. The van der Waals surface area contributed by atoms with Crippen LogP contribution in [0.2, 0.25) is 5.02 Å². The predicted octanol–water partition coefficient (Wildman–Crippen LogP) is 3.35. The van der Waals surface area contributed by atoms with Crippen molar-refractivity contribution in [1.82, 2.24) is 10.2 Å². The van der Waals surface area contributed by atoms with E-state index in [0.717, 1.165) is 37.5 Å². The van der Waals surface area contributed by atoms with Crippen molar-refractivity contribution in [3.63, 3.8) is 0 Å². The maximum atomic E-state index is 12.4. The normalized spacial score (nSPS) is 16.0. The van der Waals surface area contributed by atoms with Gasteiger partial charge < -0.3 is 15.0 Å². The average Bonchev–Trinajstić information content (AvgIpc) is 2.69. The maximum absolute atomic E-state index is 12.4. The molecule has 2 aromatic rings. The molecule has 0 bridgehead atoms. The highest BCUT2D eigenvalue weighted by Gasteiger charge is 2.20. The molecule has 1 aliphatic heterocycles. The number of amides is 1. The smallest absolute Gasteiger partial charge is 0.234 e. The monoisotopic (exact) mass is 387 g/mol. The summed E-state index contributed by atoms with van der Waals surface area (Å²) < 4.78 is 5.21. The summed E-state index contributed by atoms with van der Waals surface area (Å²) in [6.45, 7) is 5.97. The van der Waals surface area contributed by atoms with Gasteiger partial charge in [0.1, 0.15) is 5.75 Å². The first-order chi connectivity index (χ1) is 13.0. The van der Waals surface area contributed by atoms with Crippen molar-refractivity contribution in [2.24, 2.45) is 0 Å². The van der Waals surface area contributed by atoms with Gasteiger partial charge in [0.2, 0.25) is 5.91 Å². The summed E-state index contributed by atoms with van der Waals surface area (Å²) in [6.07, 6.45) is 0. The molecule has 27 heavy (non-hydrogen) atoms. The molecule has 1 aliphatic rings. The summed E-state index contributed by atoms with van der Waals surface area (Å²) in [5.74, 6) is 0.916. The molecule has 1 heterocycles. The van der Waals surface area contributed by atoms with Gasteiger partial charge in [0.15, 0.2) is 0 Å². The minimum absolute atomic E-state index is 0.0321. The molecule has 0 spiro atoms. The minimum Gasteiger partial charge on any atom is -0.497 e. The van der Waals surface area contributed by atoms with Gasteiger partial charge in [0, 0.05) is 36.9 Å². The Morgan fingerprint density at radius 3 is 2.30 bits per heavy atom. The first kappa shape index (κ1) is 19.5. The van der Waals surface area contributed by atoms with Crippen LogP contribution in [0.25, 0.3) is 0 Å². The number of ether oxygens (including phenoxy) is 1. The van der Waals surface area contributed by atoms with Crippen molar-refractivity contribution in [3.05, 3.63) is 59.1 Å². The fourth-order valence-electron chi connectivity index (χ4n) is 3.28. The standard InChI is InChI=1S/C21H26ClN3O2/c1-16(17-3-5-18(22)6-4-17)23-21(26)15-24-11-13-25(14-12-24)19-7-9-20(27-2)10-8-19/h3-10,16H,11-15H2,1-2H3,(H,23,26)/t16-/m0/s1. The van der Waals surface area contributed by atoms with E-state index in [9.17, 15) is 4.79 Å². The highest BCUT2D eigenvalue weighted by atomic mass is 35.5. The fraction of sp³-hybridized carbons (Fsp3) is 0.381. The zero-order valence-corrected chi connectivity index (χ0v) is 16.6. The van der Waals surface area contributed by atoms with E-state index in [1.807, 2.05) is 43.3 Å². The topological polar surface area (TPSA) is 44.8 Å². The van der Waals surface area contributed by atoms with Crippen LogP contribution in [-0.2, 0) is 4.79 Å². The summed E-state index contributed by atoms with van der Waals surface area (Å²) in [7, 11) is 1.67. The van der Waals surface area contributed by atoms with Gasteiger partial charge in [-0.2, -0.15) is 0 Å². The number of piperazine rings is 1. The Labute approximate surface area is 165 Å². The lowest BCUT2D eigenvalue weighted by atomic mass is 10.1. The van der Waals surface area contributed by atoms with E-state index in [2.05, 4.69) is 27.2 Å². The predicted molar refractivity (Wildman–Crippen MR) is 110 cm³/mol. The number of methoxy groups -OCH3 is 1. The molecule has 1 N–H and O–H groups in total. The summed E-state index contributed by atoms with van der Waals surface area (Å²) in [4.78, 5) is 16.9. The summed E-state index contributed by atoms with van der Waals surface area (Å²) >= 11 is 5.92. The van der Waals surface area contributed by atoms with E-state index in [4.69, 9.17) is 16.3 Å². The third-order valence-electron chi connectivity index (χ3n) is 4.92. The number of hydrogen-bond acceptors (Lipinski definition) is 4.